The molecule has 1 aliphatic heterocycles. The summed E-state index contributed by atoms with van der Waals surface area (Å²) in [6, 6.07) is 0.356. The van der Waals surface area contributed by atoms with Crippen molar-refractivity contribution in [1.82, 2.24) is 5.43 Å². The van der Waals surface area contributed by atoms with Crippen molar-refractivity contribution in [3.05, 3.63) is 23.8 Å². The van der Waals surface area contributed by atoms with Crippen LogP contribution in [-0.4, -0.2) is 12.3 Å². The molecule has 1 unspecified atom stereocenters. The minimum absolute atomic E-state index is 0.356. The molecule has 1 aliphatic carbocycles. The number of allylic oxidation sites excluding steroid dienone is 2. The van der Waals surface area contributed by atoms with E-state index in [1.165, 1.54) is 5.57 Å². The molecule has 0 saturated carbocycles. The SMILES string of the molecule is C1=CCC2[N]N=CC=C2C1. The molecule has 10 heavy (non-hydrogen) atoms. The Morgan fingerprint density at radius 2 is 2.40 bits per heavy atom. The largest absolute Gasteiger partial charge is 0.181 e. The molecule has 0 fully saturated rings. The van der Waals surface area contributed by atoms with Gasteiger partial charge in [-0.3, -0.25) is 0 Å². The van der Waals surface area contributed by atoms with E-state index >= 15 is 0 Å². The average Bonchev–Trinajstić information content (AvgIpc) is 2.05. The van der Waals surface area contributed by atoms with Crippen molar-refractivity contribution in [3.63, 3.8) is 0 Å². The monoisotopic (exact) mass is 133 g/mol. The quantitative estimate of drug-likeness (QED) is 0.444. The first-order valence-corrected chi connectivity index (χ1v) is 3.54. The van der Waals surface area contributed by atoms with Crippen LogP contribution in [0.1, 0.15) is 12.8 Å². The molecule has 51 valence electrons. The van der Waals surface area contributed by atoms with Gasteiger partial charge >= 0.3 is 0 Å². The molecule has 1 atom stereocenters. The predicted octanol–water partition coefficient (Wildman–Crippen LogP) is 1.24. The first-order valence-electron chi connectivity index (χ1n) is 3.54. The third-order valence-electron chi connectivity index (χ3n) is 1.87. The lowest BCUT2D eigenvalue weighted by Crippen LogP contribution is -2.24. The summed E-state index contributed by atoms with van der Waals surface area (Å²) in [5, 5.41) is 3.85. The van der Waals surface area contributed by atoms with Crippen molar-refractivity contribution in [2.24, 2.45) is 5.10 Å². The Balaban J connectivity index is 2.23. The van der Waals surface area contributed by atoms with E-state index in [4.69, 9.17) is 0 Å². The number of fused-ring (bicyclic) bond motifs is 1. The summed E-state index contributed by atoms with van der Waals surface area (Å²) in [6.07, 6.45) is 10.3. The van der Waals surface area contributed by atoms with Gasteiger partial charge in [-0.2, -0.15) is 10.5 Å². The average molecular weight is 133 g/mol. The molecule has 0 aromatic carbocycles. The second-order valence-corrected chi connectivity index (χ2v) is 2.55. The zero-order chi connectivity index (χ0) is 6.81. The molecule has 0 amide bonds. The van der Waals surface area contributed by atoms with Crippen molar-refractivity contribution in [2.45, 2.75) is 18.9 Å². The molecule has 0 spiro atoms. The van der Waals surface area contributed by atoms with Crippen molar-refractivity contribution < 1.29 is 0 Å². The summed E-state index contributed by atoms with van der Waals surface area (Å²) in [4.78, 5) is 0. The van der Waals surface area contributed by atoms with E-state index < -0.39 is 0 Å². The second-order valence-electron chi connectivity index (χ2n) is 2.55. The van der Waals surface area contributed by atoms with Crippen LogP contribution in [0.2, 0.25) is 0 Å². The van der Waals surface area contributed by atoms with Gasteiger partial charge in [-0.25, -0.2) is 0 Å². The fourth-order valence-electron chi connectivity index (χ4n) is 1.28. The summed E-state index contributed by atoms with van der Waals surface area (Å²) >= 11 is 0. The van der Waals surface area contributed by atoms with Gasteiger partial charge in [-0.15, -0.1) is 0 Å². The molecule has 0 aromatic heterocycles. The van der Waals surface area contributed by atoms with Crippen LogP contribution in [0.15, 0.2) is 28.9 Å². The van der Waals surface area contributed by atoms with Gasteiger partial charge in [0, 0.05) is 6.21 Å². The smallest absolute Gasteiger partial charge is 0.0962 e. The summed E-state index contributed by atoms with van der Waals surface area (Å²) in [5.41, 5.74) is 5.50. The summed E-state index contributed by atoms with van der Waals surface area (Å²) in [5.74, 6) is 0. The van der Waals surface area contributed by atoms with E-state index in [-0.39, 0.29) is 0 Å². The molecule has 1 heterocycles. The van der Waals surface area contributed by atoms with Crippen LogP contribution in [-0.2, 0) is 0 Å². The fourth-order valence-corrected chi connectivity index (χ4v) is 1.28. The van der Waals surface area contributed by atoms with Crippen LogP contribution in [0.4, 0.5) is 0 Å². The molecule has 0 N–H and O–H groups in total. The van der Waals surface area contributed by atoms with E-state index in [9.17, 15) is 0 Å². The minimum Gasteiger partial charge on any atom is -0.181 e. The Morgan fingerprint density at radius 1 is 1.40 bits per heavy atom. The standard InChI is InChI=1S/C8H9N2/c1-2-4-8-7(3-1)5-6-9-10-8/h1-2,5-6,8H,3-4H2. The van der Waals surface area contributed by atoms with E-state index in [2.05, 4.69) is 28.8 Å². The third-order valence-corrected chi connectivity index (χ3v) is 1.87. The highest BCUT2D eigenvalue weighted by Gasteiger charge is 2.17. The lowest BCUT2D eigenvalue weighted by Gasteiger charge is -2.20. The Bertz CT molecular complexity index is 213. The Morgan fingerprint density at radius 3 is 3.30 bits per heavy atom. The van der Waals surface area contributed by atoms with Crippen molar-refractivity contribution in [1.29, 1.82) is 0 Å². The number of hydrogen-bond acceptors (Lipinski definition) is 1. The Kier molecular flexibility index (Phi) is 1.31. The van der Waals surface area contributed by atoms with Crippen LogP contribution < -0.4 is 5.43 Å². The lowest BCUT2D eigenvalue weighted by molar-refractivity contribution is 0.566. The van der Waals surface area contributed by atoms with Crippen LogP contribution >= 0.6 is 0 Å². The fraction of sp³-hybridized carbons (Fsp3) is 0.375. The molecule has 2 nitrogen and oxygen atoms in total. The molecule has 2 heteroatoms. The van der Waals surface area contributed by atoms with E-state index in [0.29, 0.717) is 6.04 Å². The molecule has 0 aromatic rings. The van der Waals surface area contributed by atoms with Gasteiger partial charge in [0.1, 0.15) is 0 Å². The third kappa shape index (κ3) is 0.856. The van der Waals surface area contributed by atoms with E-state index in [1.54, 1.807) is 6.21 Å². The number of hydrogen-bond donors (Lipinski definition) is 0. The highest BCUT2D eigenvalue weighted by molar-refractivity contribution is 5.73. The number of rotatable bonds is 0. The van der Waals surface area contributed by atoms with Crippen molar-refractivity contribution in [2.75, 3.05) is 0 Å². The van der Waals surface area contributed by atoms with Gasteiger partial charge in [0.15, 0.2) is 0 Å². The van der Waals surface area contributed by atoms with Crippen LogP contribution in [0, 0.1) is 0 Å². The summed E-state index contributed by atoms with van der Waals surface area (Å²) in [6.45, 7) is 0. The number of nitrogens with zero attached hydrogens (tertiary/aromatic N) is 2. The maximum Gasteiger partial charge on any atom is 0.0962 e. The van der Waals surface area contributed by atoms with Gasteiger partial charge in [-0.05, 0) is 24.5 Å². The van der Waals surface area contributed by atoms with E-state index in [1.807, 2.05) is 0 Å². The van der Waals surface area contributed by atoms with Crippen molar-refractivity contribution in [3.8, 4) is 0 Å². The van der Waals surface area contributed by atoms with Crippen LogP contribution in [0.5, 0.6) is 0 Å². The first-order chi connectivity index (χ1) is 4.97. The van der Waals surface area contributed by atoms with Crippen LogP contribution in [0.25, 0.3) is 0 Å². The molecule has 2 rings (SSSR count). The Hall–Kier alpha value is -1.05. The highest BCUT2D eigenvalue weighted by atomic mass is 15.3. The van der Waals surface area contributed by atoms with Crippen molar-refractivity contribution >= 4 is 6.21 Å². The highest BCUT2D eigenvalue weighted by Crippen LogP contribution is 2.19. The normalized spacial score (nSPS) is 28.8. The zero-order valence-corrected chi connectivity index (χ0v) is 5.70. The van der Waals surface area contributed by atoms with Crippen LogP contribution in [0.3, 0.4) is 0 Å². The zero-order valence-electron chi connectivity index (χ0n) is 5.70. The van der Waals surface area contributed by atoms with Gasteiger partial charge in [0.25, 0.3) is 0 Å². The topological polar surface area (TPSA) is 26.5 Å². The summed E-state index contributed by atoms with van der Waals surface area (Å²) < 4.78 is 0. The molecule has 2 aliphatic rings. The van der Waals surface area contributed by atoms with E-state index in [0.717, 1.165) is 12.8 Å². The predicted molar refractivity (Wildman–Crippen MR) is 40.9 cm³/mol. The second kappa shape index (κ2) is 2.29. The maximum atomic E-state index is 4.10. The maximum absolute atomic E-state index is 4.10. The summed E-state index contributed by atoms with van der Waals surface area (Å²) in [7, 11) is 0. The molecular formula is C8H9N2. The molecule has 0 bridgehead atoms. The minimum atomic E-state index is 0.356. The van der Waals surface area contributed by atoms with Gasteiger partial charge in [0.2, 0.25) is 0 Å². The molecule has 1 radical (unpaired) electrons. The molecule has 0 saturated heterocycles. The Labute approximate surface area is 60.3 Å². The lowest BCUT2D eigenvalue weighted by atomic mass is 9.95. The first kappa shape index (κ1) is 5.71. The molecular weight excluding hydrogens is 124 g/mol. The van der Waals surface area contributed by atoms with Gasteiger partial charge in [0.05, 0.1) is 6.04 Å². The van der Waals surface area contributed by atoms with Gasteiger partial charge < -0.3 is 0 Å². The van der Waals surface area contributed by atoms with Gasteiger partial charge in [-0.1, -0.05) is 12.2 Å².